The van der Waals surface area contributed by atoms with Crippen molar-refractivity contribution in [1.29, 1.82) is 0 Å². The van der Waals surface area contributed by atoms with Crippen molar-refractivity contribution in [1.82, 2.24) is 0 Å². The quantitative estimate of drug-likeness (QED) is 0.694. The van der Waals surface area contributed by atoms with E-state index in [9.17, 15) is 0 Å². The van der Waals surface area contributed by atoms with Gasteiger partial charge in [0.25, 0.3) is 0 Å². The first kappa shape index (κ1) is 11.3. The van der Waals surface area contributed by atoms with Crippen molar-refractivity contribution in [2.24, 2.45) is 0 Å². The van der Waals surface area contributed by atoms with Gasteiger partial charge in [-0.3, -0.25) is 0 Å². The van der Waals surface area contributed by atoms with Crippen LogP contribution in [0.1, 0.15) is 45.7 Å². The van der Waals surface area contributed by atoms with Crippen LogP contribution in [0.3, 0.4) is 0 Å². The number of fused-ring (bicyclic) bond motifs is 1. The second kappa shape index (κ2) is 4.37. The molecular weight excluding hydrogens is 347 g/mol. The molecule has 15 heavy (non-hydrogen) atoms. The molecule has 0 bridgehead atoms. The monoisotopic (exact) mass is 365 g/mol. The summed E-state index contributed by atoms with van der Waals surface area (Å²) in [7, 11) is 0. The summed E-state index contributed by atoms with van der Waals surface area (Å²) in [6.45, 7) is 6.77. The number of hydrogen-bond donors (Lipinski definition) is 0. The van der Waals surface area contributed by atoms with Crippen molar-refractivity contribution < 1.29 is 24.4 Å². The van der Waals surface area contributed by atoms with E-state index >= 15 is 0 Å². The standard InChI is InChI=1S/C14H17.Hf/c1-4-5-12-8-13-10(2)6-7-11(3)14(13)9-12;/h6-9H,4-5H2,1-3H3;. The minimum absolute atomic E-state index is 0.778. The fourth-order valence-corrected chi connectivity index (χ4v) is 4.58. The van der Waals surface area contributed by atoms with Gasteiger partial charge in [-0.25, -0.2) is 0 Å². The van der Waals surface area contributed by atoms with Gasteiger partial charge < -0.3 is 0 Å². The van der Waals surface area contributed by atoms with E-state index in [0.717, 1.165) is 3.67 Å². The van der Waals surface area contributed by atoms with E-state index in [1.807, 2.05) is 0 Å². The van der Waals surface area contributed by atoms with Crippen LogP contribution in [-0.4, -0.2) is 0 Å². The summed E-state index contributed by atoms with van der Waals surface area (Å²) in [4.78, 5) is 0. The van der Waals surface area contributed by atoms with Crippen LogP contribution in [0.4, 0.5) is 0 Å². The third-order valence-corrected chi connectivity index (χ3v) is 5.62. The first-order valence-corrected chi connectivity index (χ1v) is 7.74. The average molecular weight is 364 g/mol. The Labute approximate surface area is 107 Å². The number of allylic oxidation sites excluding steroid dienone is 1. The molecule has 0 saturated heterocycles. The third-order valence-electron chi connectivity index (χ3n) is 3.25. The van der Waals surface area contributed by atoms with Crippen LogP contribution in [0.25, 0.3) is 6.08 Å². The van der Waals surface area contributed by atoms with Gasteiger partial charge in [0.1, 0.15) is 0 Å². The molecule has 2 rings (SSSR count). The molecule has 0 aliphatic heterocycles. The fraction of sp³-hybridized carbons (Fsp3) is 0.429. The topological polar surface area (TPSA) is 0 Å². The predicted octanol–water partition coefficient (Wildman–Crippen LogP) is 4.09. The van der Waals surface area contributed by atoms with Gasteiger partial charge in [0.05, 0.1) is 0 Å². The Bertz CT molecular complexity index is 416. The molecule has 1 aromatic rings. The van der Waals surface area contributed by atoms with Gasteiger partial charge in [0.2, 0.25) is 0 Å². The number of hydrogen-bond acceptors (Lipinski definition) is 0. The Kier molecular flexibility index (Phi) is 3.30. The molecule has 0 saturated carbocycles. The molecule has 1 unspecified atom stereocenters. The Balaban J connectivity index is 2.49. The maximum absolute atomic E-state index is 2.46. The minimum atomic E-state index is 0.778. The van der Waals surface area contributed by atoms with Crippen molar-refractivity contribution in [3.05, 3.63) is 40.0 Å². The van der Waals surface area contributed by atoms with Crippen molar-refractivity contribution in [3.63, 3.8) is 0 Å². The molecule has 0 spiro atoms. The fourth-order valence-electron chi connectivity index (χ4n) is 2.39. The summed E-state index contributed by atoms with van der Waals surface area (Å²) >= 11 is 1.26. The molecule has 0 heterocycles. The van der Waals surface area contributed by atoms with Crippen LogP contribution in [0, 0.1) is 13.8 Å². The zero-order valence-corrected chi connectivity index (χ0v) is 13.3. The molecule has 1 aliphatic carbocycles. The predicted molar refractivity (Wildman–Crippen MR) is 61.5 cm³/mol. The average Bonchev–Trinajstić information content (AvgIpc) is 2.53. The van der Waals surface area contributed by atoms with Crippen LogP contribution in [0.2, 0.25) is 0 Å². The van der Waals surface area contributed by atoms with E-state index in [0.29, 0.717) is 0 Å². The maximum atomic E-state index is 2.46. The van der Waals surface area contributed by atoms with E-state index in [2.05, 4.69) is 39.0 Å². The molecule has 1 aliphatic rings. The summed E-state index contributed by atoms with van der Waals surface area (Å²) in [5.41, 5.74) is 7.76. The van der Waals surface area contributed by atoms with Gasteiger partial charge in [0, 0.05) is 0 Å². The summed E-state index contributed by atoms with van der Waals surface area (Å²) in [5.74, 6) is 0. The van der Waals surface area contributed by atoms with E-state index < -0.39 is 0 Å². The molecule has 0 nitrogen and oxygen atoms in total. The van der Waals surface area contributed by atoms with E-state index in [1.54, 1.807) is 11.1 Å². The van der Waals surface area contributed by atoms with Crippen LogP contribution in [0.15, 0.2) is 17.7 Å². The van der Waals surface area contributed by atoms with Crippen molar-refractivity contribution in [2.45, 2.75) is 37.3 Å². The Hall–Kier alpha value is -0.170. The number of rotatable bonds is 2. The second-order valence-corrected chi connectivity index (χ2v) is 6.50. The molecule has 1 heteroatoms. The Morgan fingerprint density at radius 1 is 1.20 bits per heavy atom. The summed E-state index contributed by atoms with van der Waals surface area (Å²) in [5, 5.41) is 0. The molecule has 1 aromatic carbocycles. The first-order chi connectivity index (χ1) is 7.15. The van der Waals surface area contributed by atoms with Gasteiger partial charge >= 0.3 is 108 Å². The zero-order chi connectivity index (χ0) is 11.0. The first-order valence-electron chi connectivity index (χ1n) is 5.66. The molecule has 1 atom stereocenters. The van der Waals surface area contributed by atoms with Gasteiger partial charge in [-0.05, 0) is 0 Å². The van der Waals surface area contributed by atoms with Gasteiger partial charge in [0.15, 0.2) is 0 Å². The van der Waals surface area contributed by atoms with E-state index in [-0.39, 0.29) is 0 Å². The molecular formula is C14H17Hf. The summed E-state index contributed by atoms with van der Waals surface area (Å²) in [6.07, 6.45) is 5.01. The SMILES string of the molecule is CCCC1=Cc2c(C)ccc(C)c2[CH]1[Hf]. The van der Waals surface area contributed by atoms with Crippen LogP contribution >= 0.6 is 0 Å². The van der Waals surface area contributed by atoms with E-state index in [1.165, 1.54) is 53.9 Å². The molecule has 77 valence electrons. The van der Waals surface area contributed by atoms with Crippen molar-refractivity contribution in [3.8, 4) is 0 Å². The normalized spacial score (nSPS) is 18.8. The molecule has 0 fully saturated rings. The molecule has 0 N–H and O–H groups in total. The van der Waals surface area contributed by atoms with Gasteiger partial charge in [-0.15, -0.1) is 0 Å². The van der Waals surface area contributed by atoms with Crippen LogP contribution in [0.5, 0.6) is 0 Å². The van der Waals surface area contributed by atoms with Crippen LogP contribution < -0.4 is 0 Å². The Morgan fingerprint density at radius 3 is 2.47 bits per heavy atom. The van der Waals surface area contributed by atoms with Gasteiger partial charge in [-0.1, -0.05) is 0 Å². The number of benzene rings is 1. The van der Waals surface area contributed by atoms with Gasteiger partial charge in [-0.2, -0.15) is 0 Å². The summed E-state index contributed by atoms with van der Waals surface area (Å²) in [6, 6.07) is 4.54. The van der Waals surface area contributed by atoms with Crippen LogP contribution in [-0.2, 0) is 24.4 Å². The zero-order valence-electron chi connectivity index (χ0n) is 9.72. The Morgan fingerprint density at radius 2 is 1.87 bits per heavy atom. The molecule has 0 aromatic heterocycles. The third kappa shape index (κ3) is 1.91. The van der Waals surface area contributed by atoms with E-state index in [4.69, 9.17) is 0 Å². The molecule has 0 amide bonds. The van der Waals surface area contributed by atoms with Crippen molar-refractivity contribution >= 4 is 6.08 Å². The van der Waals surface area contributed by atoms with Crippen molar-refractivity contribution in [2.75, 3.05) is 0 Å². The molecule has 0 radical (unpaired) electrons. The second-order valence-electron chi connectivity index (χ2n) is 4.43. The summed E-state index contributed by atoms with van der Waals surface area (Å²) < 4.78 is 0.778. The number of aryl methyl sites for hydroxylation is 2.